The maximum atomic E-state index is 13.3. The Morgan fingerprint density at radius 1 is 1.23 bits per heavy atom. The SMILES string of the molecule is COC(=O)COc1cccc(/C=C2\N=C(c3cccc(F)c3)OC2=O)c1. The summed E-state index contributed by atoms with van der Waals surface area (Å²) < 4.78 is 28.2. The molecule has 1 aliphatic heterocycles. The van der Waals surface area contributed by atoms with E-state index in [4.69, 9.17) is 9.47 Å². The Morgan fingerprint density at radius 2 is 2.04 bits per heavy atom. The molecule has 132 valence electrons. The van der Waals surface area contributed by atoms with E-state index in [1.54, 1.807) is 30.3 Å². The molecule has 0 radical (unpaired) electrons. The van der Waals surface area contributed by atoms with Crippen LogP contribution in [0.1, 0.15) is 11.1 Å². The van der Waals surface area contributed by atoms with Crippen molar-refractivity contribution in [2.24, 2.45) is 4.99 Å². The van der Waals surface area contributed by atoms with Gasteiger partial charge in [0.1, 0.15) is 11.6 Å². The van der Waals surface area contributed by atoms with Crippen molar-refractivity contribution >= 4 is 23.9 Å². The third-order valence-corrected chi connectivity index (χ3v) is 3.44. The lowest BCUT2D eigenvalue weighted by Gasteiger charge is -2.05. The van der Waals surface area contributed by atoms with E-state index in [2.05, 4.69) is 9.73 Å². The monoisotopic (exact) mass is 355 g/mol. The molecule has 3 rings (SSSR count). The number of nitrogens with zero attached hydrogens (tertiary/aromatic N) is 1. The number of carbonyl (C=O) groups excluding carboxylic acids is 2. The lowest BCUT2D eigenvalue weighted by atomic mass is 10.2. The standard InChI is InChI=1S/C19H14FNO5/c1-24-17(22)11-25-15-7-2-4-12(8-15)9-16-19(23)26-18(21-16)13-5-3-6-14(20)10-13/h2-10H,11H2,1H3/b16-9-. The fourth-order valence-corrected chi connectivity index (χ4v) is 2.21. The van der Waals surface area contributed by atoms with Crippen molar-refractivity contribution in [3.8, 4) is 5.75 Å². The van der Waals surface area contributed by atoms with Crippen LogP contribution in [0.15, 0.2) is 59.2 Å². The normalized spacial score (nSPS) is 14.8. The molecule has 1 heterocycles. The van der Waals surface area contributed by atoms with Gasteiger partial charge < -0.3 is 14.2 Å². The van der Waals surface area contributed by atoms with Crippen LogP contribution in [0, 0.1) is 5.82 Å². The summed E-state index contributed by atoms with van der Waals surface area (Å²) in [6.45, 7) is -0.222. The Kier molecular flexibility index (Phi) is 5.07. The van der Waals surface area contributed by atoms with Crippen LogP contribution in [0.2, 0.25) is 0 Å². The van der Waals surface area contributed by atoms with Gasteiger partial charge in [-0.15, -0.1) is 0 Å². The number of methoxy groups -OCH3 is 1. The molecule has 7 heteroatoms. The van der Waals surface area contributed by atoms with Gasteiger partial charge in [-0.3, -0.25) is 0 Å². The van der Waals surface area contributed by atoms with E-state index < -0.39 is 17.8 Å². The molecule has 1 aliphatic rings. The van der Waals surface area contributed by atoms with Crippen LogP contribution in [0.3, 0.4) is 0 Å². The third-order valence-electron chi connectivity index (χ3n) is 3.44. The molecule has 0 saturated carbocycles. The van der Waals surface area contributed by atoms with Crippen molar-refractivity contribution in [1.29, 1.82) is 0 Å². The van der Waals surface area contributed by atoms with Gasteiger partial charge in [0.25, 0.3) is 0 Å². The molecule has 0 aromatic heterocycles. The first-order chi connectivity index (χ1) is 12.5. The largest absolute Gasteiger partial charge is 0.482 e. The highest BCUT2D eigenvalue weighted by Gasteiger charge is 2.24. The van der Waals surface area contributed by atoms with Crippen LogP contribution in [-0.2, 0) is 19.1 Å². The van der Waals surface area contributed by atoms with E-state index in [0.29, 0.717) is 16.9 Å². The number of aliphatic imine (C=N–C) groups is 1. The number of halogens is 1. The molecule has 0 unspecified atom stereocenters. The summed E-state index contributed by atoms with van der Waals surface area (Å²) in [5, 5.41) is 0. The van der Waals surface area contributed by atoms with Gasteiger partial charge in [-0.1, -0.05) is 18.2 Å². The summed E-state index contributed by atoms with van der Waals surface area (Å²) >= 11 is 0. The number of cyclic esters (lactones) is 1. The van der Waals surface area contributed by atoms with Gasteiger partial charge in [0.2, 0.25) is 5.90 Å². The fraction of sp³-hybridized carbons (Fsp3) is 0.105. The average molecular weight is 355 g/mol. The van der Waals surface area contributed by atoms with Gasteiger partial charge in [0.05, 0.1) is 7.11 Å². The predicted molar refractivity (Wildman–Crippen MR) is 91.0 cm³/mol. The number of hydrogen-bond acceptors (Lipinski definition) is 6. The number of esters is 2. The van der Waals surface area contributed by atoms with Crippen LogP contribution < -0.4 is 4.74 Å². The minimum Gasteiger partial charge on any atom is -0.482 e. The first-order valence-corrected chi connectivity index (χ1v) is 7.63. The van der Waals surface area contributed by atoms with Gasteiger partial charge in [0.15, 0.2) is 12.3 Å². The number of hydrogen-bond donors (Lipinski definition) is 0. The molecule has 0 amide bonds. The van der Waals surface area contributed by atoms with Gasteiger partial charge in [-0.05, 0) is 42.0 Å². The van der Waals surface area contributed by atoms with Crippen molar-refractivity contribution < 1.29 is 28.2 Å². The first kappa shape index (κ1) is 17.3. The van der Waals surface area contributed by atoms with Gasteiger partial charge in [0, 0.05) is 5.56 Å². The highest BCUT2D eigenvalue weighted by molar-refractivity contribution is 6.12. The molecular weight excluding hydrogens is 341 g/mol. The highest BCUT2D eigenvalue weighted by atomic mass is 19.1. The second-order valence-corrected chi connectivity index (χ2v) is 5.28. The molecule has 0 aliphatic carbocycles. The van der Waals surface area contributed by atoms with Crippen molar-refractivity contribution in [2.75, 3.05) is 13.7 Å². The zero-order valence-corrected chi connectivity index (χ0v) is 13.8. The van der Waals surface area contributed by atoms with Crippen molar-refractivity contribution in [3.05, 3.63) is 71.2 Å². The molecule has 26 heavy (non-hydrogen) atoms. The number of carbonyl (C=O) groups is 2. The van der Waals surface area contributed by atoms with Crippen molar-refractivity contribution in [2.45, 2.75) is 0 Å². The topological polar surface area (TPSA) is 74.2 Å². The Bertz CT molecular complexity index is 920. The van der Waals surface area contributed by atoms with E-state index in [1.807, 2.05) is 0 Å². The van der Waals surface area contributed by atoms with Gasteiger partial charge >= 0.3 is 11.9 Å². The summed E-state index contributed by atoms with van der Waals surface area (Å²) in [4.78, 5) is 27.2. The molecule has 0 N–H and O–H groups in total. The van der Waals surface area contributed by atoms with E-state index in [9.17, 15) is 14.0 Å². The summed E-state index contributed by atoms with van der Waals surface area (Å²) in [6, 6.07) is 12.4. The highest BCUT2D eigenvalue weighted by Crippen LogP contribution is 2.21. The van der Waals surface area contributed by atoms with Crippen LogP contribution >= 0.6 is 0 Å². The second kappa shape index (κ2) is 7.60. The first-order valence-electron chi connectivity index (χ1n) is 7.63. The van der Waals surface area contributed by atoms with E-state index in [-0.39, 0.29) is 18.2 Å². The van der Waals surface area contributed by atoms with Crippen molar-refractivity contribution in [3.63, 3.8) is 0 Å². The maximum Gasteiger partial charge on any atom is 0.363 e. The second-order valence-electron chi connectivity index (χ2n) is 5.28. The minimum atomic E-state index is -0.634. The van der Waals surface area contributed by atoms with Crippen LogP contribution in [0.5, 0.6) is 5.75 Å². The Hall–Kier alpha value is -3.48. The van der Waals surface area contributed by atoms with E-state index in [0.717, 1.165) is 0 Å². The van der Waals surface area contributed by atoms with Gasteiger partial charge in [-0.25, -0.2) is 19.0 Å². The summed E-state index contributed by atoms with van der Waals surface area (Å²) in [6.07, 6.45) is 1.51. The molecule has 0 saturated heterocycles. The molecule has 0 bridgehead atoms. The summed E-state index contributed by atoms with van der Waals surface area (Å²) in [5.74, 6) is -1.11. The summed E-state index contributed by atoms with van der Waals surface area (Å²) in [5.41, 5.74) is 1.08. The molecule has 6 nitrogen and oxygen atoms in total. The Balaban J connectivity index is 1.81. The fourth-order valence-electron chi connectivity index (χ4n) is 2.21. The number of rotatable bonds is 5. The number of benzene rings is 2. The van der Waals surface area contributed by atoms with E-state index >= 15 is 0 Å². The summed E-state index contributed by atoms with van der Waals surface area (Å²) in [7, 11) is 1.27. The molecule has 2 aromatic rings. The smallest absolute Gasteiger partial charge is 0.363 e. The third kappa shape index (κ3) is 4.13. The zero-order chi connectivity index (χ0) is 18.5. The minimum absolute atomic E-state index is 0.0406. The lowest BCUT2D eigenvalue weighted by Crippen LogP contribution is -2.12. The van der Waals surface area contributed by atoms with E-state index in [1.165, 1.54) is 31.4 Å². The average Bonchev–Trinajstić information content (AvgIpc) is 3.00. The maximum absolute atomic E-state index is 13.3. The van der Waals surface area contributed by atoms with Gasteiger partial charge in [-0.2, -0.15) is 0 Å². The van der Waals surface area contributed by atoms with Crippen LogP contribution in [0.25, 0.3) is 6.08 Å². The predicted octanol–water partition coefficient (Wildman–Crippen LogP) is 2.72. The Labute approximate surface area is 148 Å². The number of ether oxygens (including phenoxy) is 3. The molecule has 0 atom stereocenters. The quantitative estimate of drug-likeness (QED) is 0.609. The molecule has 0 spiro atoms. The van der Waals surface area contributed by atoms with Crippen LogP contribution in [0.4, 0.5) is 4.39 Å². The zero-order valence-electron chi connectivity index (χ0n) is 13.8. The lowest BCUT2D eigenvalue weighted by molar-refractivity contribution is -0.142. The Morgan fingerprint density at radius 3 is 2.81 bits per heavy atom. The molecular formula is C19H14FNO5. The van der Waals surface area contributed by atoms with Crippen LogP contribution in [-0.4, -0.2) is 31.6 Å². The molecule has 0 fully saturated rings. The molecule has 2 aromatic carbocycles. The van der Waals surface area contributed by atoms with Crippen molar-refractivity contribution in [1.82, 2.24) is 0 Å².